The summed E-state index contributed by atoms with van der Waals surface area (Å²) >= 11 is 0. The lowest BCUT2D eigenvalue weighted by Crippen LogP contribution is -2.35. The summed E-state index contributed by atoms with van der Waals surface area (Å²) in [5.41, 5.74) is 5.79. The number of carboxylic acids is 1. The molecule has 4 rings (SSSR count). The number of nitrogens with one attached hydrogen (secondary N) is 1. The topological polar surface area (TPSA) is 117 Å². The Bertz CT molecular complexity index is 861. The van der Waals surface area contributed by atoms with Crippen LogP contribution in [0.4, 0.5) is 22.0 Å². The van der Waals surface area contributed by atoms with Crippen molar-refractivity contribution in [1.29, 1.82) is 0 Å². The molecule has 2 aliphatic rings. The van der Waals surface area contributed by atoms with Crippen molar-refractivity contribution in [3.8, 4) is 0 Å². The maximum Gasteiger partial charge on any atom is 0.311 e. The SMILES string of the molecule is Nc1nc(CN2C[C@@H]3CCC[C@@]3(C(=O)O)C2)nc(Nc2ccc(F)cc2)n1. The maximum absolute atomic E-state index is 13.0. The van der Waals surface area contributed by atoms with Crippen LogP contribution in [-0.4, -0.2) is 44.0 Å². The summed E-state index contributed by atoms with van der Waals surface area (Å²) in [4.78, 5) is 26.5. The Morgan fingerprint density at radius 1 is 1.33 bits per heavy atom. The van der Waals surface area contributed by atoms with Gasteiger partial charge in [0.1, 0.15) is 11.6 Å². The van der Waals surface area contributed by atoms with Crippen molar-refractivity contribution in [2.75, 3.05) is 24.1 Å². The smallest absolute Gasteiger partial charge is 0.311 e. The van der Waals surface area contributed by atoms with Crippen molar-refractivity contribution >= 4 is 23.6 Å². The molecule has 1 aliphatic carbocycles. The summed E-state index contributed by atoms with van der Waals surface area (Å²) in [5, 5.41) is 12.7. The number of carbonyl (C=O) groups is 1. The number of hydrogen-bond donors (Lipinski definition) is 3. The minimum Gasteiger partial charge on any atom is -0.481 e. The second kappa shape index (κ2) is 6.73. The highest BCUT2D eigenvalue weighted by Gasteiger charge is 2.54. The zero-order chi connectivity index (χ0) is 19.0. The fourth-order valence-electron chi connectivity index (χ4n) is 4.29. The van der Waals surface area contributed by atoms with Crippen LogP contribution in [0, 0.1) is 17.2 Å². The molecule has 142 valence electrons. The second-order valence-electron chi connectivity index (χ2n) is 7.29. The number of rotatable bonds is 5. The Kier molecular flexibility index (Phi) is 4.39. The third kappa shape index (κ3) is 3.42. The third-order valence-corrected chi connectivity index (χ3v) is 5.53. The van der Waals surface area contributed by atoms with E-state index in [1.54, 1.807) is 12.1 Å². The molecule has 0 unspecified atom stereocenters. The molecule has 0 spiro atoms. The molecular formula is C18H21FN6O2. The second-order valence-corrected chi connectivity index (χ2v) is 7.29. The third-order valence-electron chi connectivity index (χ3n) is 5.53. The van der Waals surface area contributed by atoms with E-state index in [1.807, 2.05) is 0 Å². The van der Waals surface area contributed by atoms with Crippen LogP contribution in [0.3, 0.4) is 0 Å². The highest BCUT2D eigenvalue weighted by molar-refractivity contribution is 5.76. The van der Waals surface area contributed by atoms with E-state index in [0.29, 0.717) is 24.6 Å². The van der Waals surface area contributed by atoms with Gasteiger partial charge in [-0.1, -0.05) is 6.42 Å². The molecule has 2 fully saturated rings. The van der Waals surface area contributed by atoms with Crippen molar-refractivity contribution in [3.05, 3.63) is 35.9 Å². The number of likely N-dealkylation sites (tertiary alicyclic amines) is 1. The molecule has 2 aromatic rings. The van der Waals surface area contributed by atoms with Gasteiger partial charge >= 0.3 is 5.97 Å². The van der Waals surface area contributed by atoms with E-state index in [9.17, 15) is 14.3 Å². The normalized spacial score (nSPS) is 24.7. The number of fused-ring (bicyclic) bond motifs is 1. The van der Waals surface area contributed by atoms with Crippen LogP contribution in [0.2, 0.25) is 0 Å². The molecule has 1 saturated carbocycles. The highest BCUT2D eigenvalue weighted by Crippen LogP contribution is 2.49. The summed E-state index contributed by atoms with van der Waals surface area (Å²) in [6.07, 6.45) is 2.63. The van der Waals surface area contributed by atoms with Gasteiger partial charge in [0.2, 0.25) is 11.9 Å². The molecular weight excluding hydrogens is 351 g/mol. The number of aromatic nitrogens is 3. The Morgan fingerprint density at radius 3 is 2.81 bits per heavy atom. The monoisotopic (exact) mass is 372 g/mol. The molecule has 1 aliphatic heterocycles. The quantitative estimate of drug-likeness (QED) is 0.730. The molecule has 0 radical (unpaired) electrons. The van der Waals surface area contributed by atoms with Gasteiger partial charge < -0.3 is 16.2 Å². The summed E-state index contributed by atoms with van der Waals surface area (Å²) < 4.78 is 13.0. The number of nitrogens with zero attached hydrogens (tertiary/aromatic N) is 4. The molecule has 8 nitrogen and oxygen atoms in total. The minimum atomic E-state index is -0.707. The summed E-state index contributed by atoms with van der Waals surface area (Å²) in [6.45, 7) is 1.63. The van der Waals surface area contributed by atoms with Gasteiger partial charge in [0.15, 0.2) is 0 Å². The number of benzene rings is 1. The Labute approximate surface area is 155 Å². The lowest BCUT2D eigenvalue weighted by molar-refractivity contribution is -0.149. The van der Waals surface area contributed by atoms with Crippen LogP contribution in [0.5, 0.6) is 0 Å². The molecule has 1 aromatic carbocycles. The van der Waals surface area contributed by atoms with E-state index in [4.69, 9.17) is 5.73 Å². The molecule has 27 heavy (non-hydrogen) atoms. The van der Waals surface area contributed by atoms with E-state index in [1.165, 1.54) is 12.1 Å². The lowest BCUT2D eigenvalue weighted by Gasteiger charge is -2.23. The minimum absolute atomic E-state index is 0.0805. The molecule has 4 N–H and O–H groups in total. The van der Waals surface area contributed by atoms with Gasteiger partial charge in [0.25, 0.3) is 0 Å². The molecule has 1 aromatic heterocycles. The number of nitrogens with two attached hydrogens (primary N) is 1. The fourth-order valence-corrected chi connectivity index (χ4v) is 4.29. The maximum atomic E-state index is 13.0. The zero-order valence-electron chi connectivity index (χ0n) is 14.7. The van der Waals surface area contributed by atoms with Crippen LogP contribution < -0.4 is 11.1 Å². The van der Waals surface area contributed by atoms with Crippen LogP contribution >= 0.6 is 0 Å². The number of carboxylic acid groups (broad SMARTS) is 1. The van der Waals surface area contributed by atoms with E-state index in [2.05, 4.69) is 25.2 Å². The van der Waals surface area contributed by atoms with Crippen LogP contribution in [0.1, 0.15) is 25.1 Å². The van der Waals surface area contributed by atoms with Crippen molar-refractivity contribution in [1.82, 2.24) is 19.9 Å². The van der Waals surface area contributed by atoms with Gasteiger partial charge in [-0.3, -0.25) is 9.69 Å². The Balaban J connectivity index is 1.49. The van der Waals surface area contributed by atoms with Crippen LogP contribution in [0.25, 0.3) is 0 Å². The molecule has 0 bridgehead atoms. The van der Waals surface area contributed by atoms with Gasteiger partial charge in [0.05, 0.1) is 12.0 Å². The van der Waals surface area contributed by atoms with Gasteiger partial charge in [-0.05, 0) is 43.0 Å². The summed E-state index contributed by atoms with van der Waals surface area (Å²) in [5.74, 6) is -0.0308. The van der Waals surface area contributed by atoms with E-state index < -0.39 is 11.4 Å². The first-order chi connectivity index (χ1) is 12.9. The number of aliphatic carboxylic acids is 1. The predicted molar refractivity (Wildman–Crippen MR) is 96.6 cm³/mol. The number of hydrogen-bond acceptors (Lipinski definition) is 7. The molecule has 0 amide bonds. The zero-order valence-corrected chi connectivity index (χ0v) is 14.7. The molecule has 2 atom stereocenters. The highest BCUT2D eigenvalue weighted by atomic mass is 19.1. The van der Waals surface area contributed by atoms with E-state index in [0.717, 1.165) is 25.8 Å². The molecule has 1 saturated heterocycles. The van der Waals surface area contributed by atoms with Crippen molar-refractivity contribution in [2.24, 2.45) is 11.3 Å². The standard InChI is InChI=1S/C18H21FN6O2/c19-12-3-5-13(6-4-12)21-17-23-14(22-16(20)24-17)9-25-8-11-2-1-7-18(11,10-25)15(26)27/h3-6,11H,1-2,7-10H2,(H,26,27)(H3,20,21,22,23,24)/t11-,18+/m0/s1. The average Bonchev–Trinajstić information content (AvgIpc) is 3.14. The van der Waals surface area contributed by atoms with Crippen LogP contribution in [0.15, 0.2) is 24.3 Å². The largest absolute Gasteiger partial charge is 0.481 e. The van der Waals surface area contributed by atoms with Crippen molar-refractivity contribution in [3.63, 3.8) is 0 Å². The van der Waals surface area contributed by atoms with E-state index in [-0.39, 0.29) is 23.6 Å². The first kappa shape index (κ1) is 17.6. The molecule has 9 heteroatoms. The fraction of sp³-hybridized carbons (Fsp3) is 0.444. The first-order valence-electron chi connectivity index (χ1n) is 8.93. The number of anilines is 3. The van der Waals surface area contributed by atoms with Gasteiger partial charge in [-0.15, -0.1) is 0 Å². The van der Waals surface area contributed by atoms with Gasteiger partial charge in [-0.2, -0.15) is 15.0 Å². The van der Waals surface area contributed by atoms with Gasteiger partial charge in [0, 0.05) is 18.8 Å². The number of nitrogen functional groups attached to an aromatic ring is 1. The summed E-state index contributed by atoms with van der Waals surface area (Å²) in [6, 6.07) is 5.82. The van der Waals surface area contributed by atoms with Gasteiger partial charge in [-0.25, -0.2) is 4.39 Å². The van der Waals surface area contributed by atoms with Crippen molar-refractivity contribution in [2.45, 2.75) is 25.8 Å². The summed E-state index contributed by atoms with van der Waals surface area (Å²) in [7, 11) is 0. The average molecular weight is 372 g/mol. The molecule has 2 heterocycles. The Morgan fingerprint density at radius 2 is 2.11 bits per heavy atom. The van der Waals surface area contributed by atoms with E-state index >= 15 is 0 Å². The lowest BCUT2D eigenvalue weighted by atomic mass is 9.81. The first-order valence-corrected chi connectivity index (χ1v) is 8.93. The van der Waals surface area contributed by atoms with Crippen LogP contribution in [-0.2, 0) is 11.3 Å². The van der Waals surface area contributed by atoms with Crippen molar-refractivity contribution < 1.29 is 14.3 Å². The Hall–Kier alpha value is -2.81. The number of halogens is 1. The predicted octanol–water partition coefficient (Wildman–Crippen LogP) is 2.02.